The number of aliphatic carboxylic acids is 1. The van der Waals surface area contributed by atoms with Crippen LogP contribution in [0.25, 0.3) is 0 Å². The van der Waals surface area contributed by atoms with Gasteiger partial charge in [-0.25, -0.2) is 9.18 Å². The minimum atomic E-state index is -1.08. The Kier molecular flexibility index (Phi) is 4.70. The molecule has 0 atom stereocenters. The molecule has 6 heteroatoms. The van der Waals surface area contributed by atoms with E-state index in [0.29, 0.717) is 29.8 Å². The zero-order valence-electron chi connectivity index (χ0n) is 13.5. The number of carboxylic acid groups (broad SMARTS) is 1. The van der Waals surface area contributed by atoms with Gasteiger partial charge >= 0.3 is 5.97 Å². The maximum Gasteiger partial charge on any atom is 0.341 e. The minimum Gasteiger partial charge on any atom is -0.482 e. The number of anilines is 1. The van der Waals surface area contributed by atoms with Gasteiger partial charge < -0.3 is 15.2 Å². The fourth-order valence-corrected chi connectivity index (χ4v) is 3.02. The molecule has 25 heavy (non-hydrogen) atoms. The second-order valence-corrected chi connectivity index (χ2v) is 6.11. The Labute approximate surface area is 144 Å². The molecule has 1 aliphatic carbocycles. The van der Waals surface area contributed by atoms with E-state index in [2.05, 4.69) is 5.32 Å². The van der Waals surface area contributed by atoms with E-state index in [9.17, 15) is 14.0 Å². The Bertz CT molecular complexity index is 802. The number of hydrogen-bond donors (Lipinski definition) is 2. The van der Waals surface area contributed by atoms with Crippen molar-refractivity contribution in [3.8, 4) is 5.75 Å². The molecule has 130 valence electrons. The summed E-state index contributed by atoms with van der Waals surface area (Å²) in [5.41, 5.74) is 0.463. The molecule has 2 aromatic carbocycles. The second-order valence-electron chi connectivity index (χ2n) is 6.11. The van der Waals surface area contributed by atoms with Gasteiger partial charge in [-0.2, -0.15) is 0 Å². The van der Waals surface area contributed by atoms with E-state index in [-0.39, 0.29) is 11.7 Å². The number of rotatable bonds is 6. The number of nitrogens with one attached hydrogen (secondary N) is 1. The van der Waals surface area contributed by atoms with Crippen molar-refractivity contribution in [3.63, 3.8) is 0 Å². The lowest BCUT2D eigenvalue weighted by Crippen LogP contribution is -2.46. The topological polar surface area (TPSA) is 75.6 Å². The van der Waals surface area contributed by atoms with Crippen molar-refractivity contribution in [1.82, 2.24) is 0 Å². The van der Waals surface area contributed by atoms with Crippen LogP contribution in [0, 0.1) is 5.82 Å². The minimum absolute atomic E-state index is 0.195. The van der Waals surface area contributed by atoms with E-state index in [1.165, 1.54) is 12.1 Å². The summed E-state index contributed by atoms with van der Waals surface area (Å²) in [7, 11) is 0. The quantitative estimate of drug-likeness (QED) is 0.843. The molecule has 0 heterocycles. The number of carboxylic acids is 1. The SMILES string of the molecule is O=C(O)COc1cccc(NC(=O)C2(c3cccc(F)c3)CCC2)c1. The zero-order chi connectivity index (χ0) is 17.9. The Hall–Kier alpha value is -2.89. The summed E-state index contributed by atoms with van der Waals surface area (Å²) < 4.78 is 18.7. The van der Waals surface area contributed by atoms with Crippen molar-refractivity contribution in [1.29, 1.82) is 0 Å². The Morgan fingerprint density at radius 2 is 1.92 bits per heavy atom. The molecule has 1 saturated carbocycles. The third kappa shape index (κ3) is 3.63. The van der Waals surface area contributed by atoms with E-state index in [1.54, 1.807) is 36.4 Å². The first-order valence-electron chi connectivity index (χ1n) is 8.02. The number of carbonyl (C=O) groups excluding carboxylic acids is 1. The number of ether oxygens (including phenoxy) is 1. The highest BCUT2D eigenvalue weighted by atomic mass is 19.1. The molecule has 0 bridgehead atoms. The predicted octanol–water partition coefficient (Wildman–Crippen LogP) is 3.35. The lowest BCUT2D eigenvalue weighted by Gasteiger charge is -2.40. The Balaban J connectivity index is 1.77. The highest BCUT2D eigenvalue weighted by Crippen LogP contribution is 2.44. The molecule has 1 amide bonds. The van der Waals surface area contributed by atoms with Gasteiger partial charge in [0, 0.05) is 11.8 Å². The van der Waals surface area contributed by atoms with Crippen LogP contribution in [0.5, 0.6) is 5.75 Å². The molecule has 0 spiro atoms. The van der Waals surface area contributed by atoms with Crippen LogP contribution in [0.15, 0.2) is 48.5 Å². The summed E-state index contributed by atoms with van der Waals surface area (Å²) in [5, 5.41) is 11.5. The van der Waals surface area contributed by atoms with Gasteiger partial charge in [-0.15, -0.1) is 0 Å². The fourth-order valence-electron chi connectivity index (χ4n) is 3.02. The summed E-state index contributed by atoms with van der Waals surface area (Å²) in [6.07, 6.45) is 2.24. The lowest BCUT2D eigenvalue weighted by molar-refractivity contribution is -0.139. The van der Waals surface area contributed by atoms with Crippen LogP contribution >= 0.6 is 0 Å². The molecule has 1 fully saturated rings. The van der Waals surface area contributed by atoms with Crippen LogP contribution < -0.4 is 10.1 Å². The monoisotopic (exact) mass is 343 g/mol. The Morgan fingerprint density at radius 1 is 1.16 bits per heavy atom. The first kappa shape index (κ1) is 17.0. The van der Waals surface area contributed by atoms with Gasteiger partial charge in [0.05, 0.1) is 5.41 Å². The number of carbonyl (C=O) groups is 2. The van der Waals surface area contributed by atoms with Crippen molar-refractivity contribution in [3.05, 3.63) is 59.9 Å². The van der Waals surface area contributed by atoms with Crippen LogP contribution in [-0.4, -0.2) is 23.6 Å². The molecule has 2 aromatic rings. The maximum absolute atomic E-state index is 13.6. The molecule has 0 radical (unpaired) electrons. The largest absolute Gasteiger partial charge is 0.482 e. The third-order valence-corrected chi connectivity index (χ3v) is 4.47. The predicted molar refractivity (Wildman–Crippen MR) is 90.1 cm³/mol. The van der Waals surface area contributed by atoms with Crippen molar-refractivity contribution < 1.29 is 23.8 Å². The van der Waals surface area contributed by atoms with Crippen molar-refractivity contribution in [2.75, 3.05) is 11.9 Å². The smallest absolute Gasteiger partial charge is 0.341 e. The molecule has 2 N–H and O–H groups in total. The molecule has 0 unspecified atom stereocenters. The van der Waals surface area contributed by atoms with E-state index in [1.807, 2.05) is 0 Å². The summed E-state index contributed by atoms with van der Waals surface area (Å²) >= 11 is 0. The second kappa shape index (κ2) is 6.93. The highest BCUT2D eigenvalue weighted by Gasteiger charge is 2.45. The molecule has 1 aliphatic rings. The first-order chi connectivity index (χ1) is 12.0. The summed E-state index contributed by atoms with van der Waals surface area (Å²) in [5.74, 6) is -1.28. The van der Waals surface area contributed by atoms with Crippen LogP contribution in [-0.2, 0) is 15.0 Å². The molecule has 3 rings (SSSR count). The summed E-state index contributed by atoms with van der Waals surface area (Å²) in [6.45, 7) is -0.454. The van der Waals surface area contributed by atoms with Crippen molar-refractivity contribution in [2.24, 2.45) is 0 Å². The van der Waals surface area contributed by atoms with Crippen LogP contribution in [0.1, 0.15) is 24.8 Å². The van der Waals surface area contributed by atoms with E-state index in [0.717, 1.165) is 6.42 Å². The van der Waals surface area contributed by atoms with Gasteiger partial charge in [-0.1, -0.05) is 24.6 Å². The summed E-state index contributed by atoms with van der Waals surface area (Å²) in [6, 6.07) is 12.7. The molecular weight excluding hydrogens is 325 g/mol. The molecule has 0 saturated heterocycles. The number of hydrogen-bond acceptors (Lipinski definition) is 3. The fraction of sp³-hybridized carbons (Fsp3) is 0.263. The standard InChI is InChI=1S/C19H18FNO4/c20-14-5-1-4-13(10-14)19(8-3-9-19)18(24)21-15-6-2-7-16(11-15)25-12-17(22)23/h1-2,4-7,10-11H,3,8-9,12H2,(H,21,24)(H,22,23). The van der Waals surface area contributed by atoms with Crippen LogP contribution in [0.2, 0.25) is 0 Å². The summed E-state index contributed by atoms with van der Waals surface area (Å²) in [4.78, 5) is 23.4. The highest BCUT2D eigenvalue weighted by molar-refractivity contribution is 6.00. The third-order valence-electron chi connectivity index (χ3n) is 4.47. The number of amides is 1. The van der Waals surface area contributed by atoms with Crippen molar-refractivity contribution in [2.45, 2.75) is 24.7 Å². The van der Waals surface area contributed by atoms with E-state index >= 15 is 0 Å². The van der Waals surface area contributed by atoms with Gasteiger partial charge in [-0.05, 0) is 42.7 Å². The lowest BCUT2D eigenvalue weighted by atomic mass is 9.63. The molecule has 0 aliphatic heterocycles. The van der Waals surface area contributed by atoms with Gasteiger partial charge in [0.1, 0.15) is 11.6 Å². The number of halogens is 1. The molecule has 5 nitrogen and oxygen atoms in total. The molecular formula is C19H18FNO4. The number of benzene rings is 2. The average Bonchev–Trinajstić information content (AvgIpc) is 2.52. The Morgan fingerprint density at radius 3 is 2.56 bits per heavy atom. The first-order valence-corrected chi connectivity index (χ1v) is 8.02. The van der Waals surface area contributed by atoms with Crippen LogP contribution in [0.3, 0.4) is 0 Å². The van der Waals surface area contributed by atoms with E-state index in [4.69, 9.17) is 9.84 Å². The van der Waals surface area contributed by atoms with E-state index < -0.39 is 18.0 Å². The van der Waals surface area contributed by atoms with Crippen LogP contribution in [0.4, 0.5) is 10.1 Å². The van der Waals surface area contributed by atoms with Gasteiger partial charge in [0.2, 0.25) is 5.91 Å². The zero-order valence-corrected chi connectivity index (χ0v) is 13.5. The average molecular weight is 343 g/mol. The maximum atomic E-state index is 13.6. The normalized spacial score (nSPS) is 15.1. The van der Waals surface area contributed by atoms with Gasteiger partial charge in [-0.3, -0.25) is 4.79 Å². The van der Waals surface area contributed by atoms with Gasteiger partial charge in [0.25, 0.3) is 0 Å². The van der Waals surface area contributed by atoms with Gasteiger partial charge in [0.15, 0.2) is 6.61 Å². The van der Waals surface area contributed by atoms with Crippen molar-refractivity contribution >= 4 is 17.6 Å². The molecule has 0 aromatic heterocycles.